The van der Waals surface area contributed by atoms with Gasteiger partial charge in [0.2, 0.25) is 11.8 Å². The van der Waals surface area contributed by atoms with Crippen LogP contribution in [-0.2, 0) is 29.2 Å². The first-order valence-corrected chi connectivity index (χ1v) is 13.7. The van der Waals surface area contributed by atoms with Crippen molar-refractivity contribution in [3.8, 4) is 0 Å². The highest BCUT2D eigenvalue weighted by molar-refractivity contribution is 5.92. The summed E-state index contributed by atoms with van der Waals surface area (Å²) in [5.41, 5.74) is 21.0. The van der Waals surface area contributed by atoms with Crippen LogP contribution < -0.4 is 22.5 Å². The minimum atomic E-state index is -1.01. The summed E-state index contributed by atoms with van der Waals surface area (Å²) in [6, 6.07) is 22.7. The van der Waals surface area contributed by atoms with E-state index in [0.717, 1.165) is 27.8 Å². The van der Waals surface area contributed by atoms with Crippen LogP contribution in [0.25, 0.3) is 0 Å². The lowest BCUT2D eigenvalue weighted by atomic mass is 9.89. The molecule has 0 bridgehead atoms. The van der Waals surface area contributed by atoms with E-state index < -0.39 is 28.9 Å². The summed E-state index contributed by atoms with van der Waals surface area (Å²) in [7, 11) is 0. The highest BCUT2D eigenvalue weighted by Gasteiger charge is 2.34. The lowest BCUT2D eigenvalue weighted by molar-refractivity contribution is -0.485. The molecule has 0 radical (unpaired) electrons. The molecule has 1 heterocycles. The van der Waals surface area contributed by atoms with Crippen molar-refractivity contribution in [3.63, 3.8) is 0 Å². The van der Waals surface area contributed by atoms with Gasteiger partial charge in [-0.3, -0.25) is 9.59 Å². The molecule has 0 saturated heterocycles. The fourth-order valence-electron chi connectivity index (χ4n) is 5.26. The molecule has 224 valence electrons. The number of hydrogen-bond donors (Lipinski definition) is 4. The van der Waals surface area contributed by atoms with Gasteiger partial charge in [-0.1, -0.05) is 78.9 Å². The molecule has 4 amide bonds. The van der Waals surface area contributed by atoms with Crippen LogP contribution in [0.3, 0.4) is 0 Å². The number of nitrogens with two attached hydrogens (primary N) is 3. The Labute approximate surface area is 248 Å². The van der Waals surface area contributed by atoms with Gasteiger partial charge in [0.15, 0.2) is 5.03 Å². The number of amides is 4. The highest BCUT2D eigenvalue weighted by Crippen LogP contribution is 2.30. The number of carbonyl (C=O) groups excluding carboxylic acids is 3. The molecule has 4 rings (SSSR count). The third kappa shape index (κ3) is 7.85. The number of nitrogens with zero attached hydrogens (tertiary/aromatic N) is 4. The summed E-state index contributed by atoms with van der Waals surface area (Å²) in [6.07, 6.45) is 0.473. The number of rotatable bonds is 12. The fraction of sp³-hybridized carbons (Fsp3) is 0.267. The predicted molar refractivity (Wildman–Crippen MR) is 159 cm³/mol. The van der Waals surface area contributed by atoms with Crippen LogP contribution in [0.2, 0.25) is 0 Å². The molecule has 0 unspecified atom stereocenters. The van der Waals surface area contributed by atoms with E-state index in [0.29, 0.717) is 19.5 Å². The Morgan fingerprint density at radius 2 is 1.53 bits per heavy atom. The Morgan fingerprint density at radius 3 is 2.09 bits per heavy atom. The summed E-state index contributed by atoms with van der Waals surface area (Å²) in [4.78, 5) is 52.8. The molecule has 0 saturated carbocycles. The number of guanidine groups is 1. The molecule has 0 aromatic heterocycles. The molecular formula is C30H34N8O5. The van der Waals surface area contributed by atoms with Crippen molar-refractivity contribution in [1.29, 1.82) is 0 Å². The zero-order valence-corrected chi connectivity index (χ0v) is 23.5. The molecule has 43 heavy (non-hydrogen) atoms. The third-order valence-corrected chi connectivity index (χ3v) is 7.31. The lowest BCUT2D eigenvalue weighted by Crippen LogP contribution is -2.49. The number of primary amides is 2. The smallest absolute Gasteiger partial charge is 0.315 e. The molecule has 1 atom stereocenters. The molecule has 1 aliphatic rings. The van der Waals surface area contributed by atoms with Crippen molar-refractivity contribution < 1.29 is 19.4 Å². The summed E-state index contributed by atoms with van der Waals surface area (Å²) in [5.74, 6) is -2.10. The van der Waals surface area contributed by atoms with Crippen molar-refractivity contribution in [2.24, 2.45) is 22.3 Å². The first-order valence-electron chi connectivity index (χ1n) is 13.7. The number of urea groups is 1. The van der Waals surface area contributed by atoms with Gasteiger partial charge in [-0.15, -0.1) is 0 Å². The molecule has 13 heteroatoms. The van der Waals surface area contributed by atoms with E-state index in [2.05, 4.69) is 10.4 Å². The van der Waals surface area contributed by atoms with Gasteiger partial charge < -0.3 is 32.3 Å². The van der Waals surface area contributed by atoms with Gasteiger partial charge in [0.05, 0.1) is 5.92 Å². The van der Waals surface area contributed by atoms with Crippen molar-refractivity contribution in [2.45, 2.75) is 44.4 Å². The second kappa shape index (κ2) is 13.9. The summed E-state index contributed by atoms with van der Waals surface area (Å²) in [5, 5.41) is 15.3. The fourth-order valence-corrected chi connectivity index (χ4v) is 5.26. The third-order valence-electron chi connectivity index (χ3n) is 7.31. The van der Waals surface area contributed by atoms with E-state index in [1.165, 1.54) is 9.80 Å². The van der Waals surface area contributed by atoms with Crippen molar-refractivity contribution in [1.82, 2.24) is 15.1 Å². The largest absolute Gasteiger partial charge is 0.368 e. The standard InChI is InChI=1S/C30H34N8O5/c31-27(39)25(12-7-15-34-29(32)35-38(42)43)37(17-20-13-14-23-18-36(30(33)41)19-24(23)16-20)28(40)26(21-8-3-1-4-9-21)22-10-5-2-6-11-22/h1-6,8-11,13-14,16,25-26H,7,12,15,17-19H2,(H2,31,39)(H2,33,41)(H3,32,34,35)/t25-/m1/s1. The van der Waals surface area contributed by atoms with Gasteiger partial charge in [0, 0.05) is 26.2 Å². The van der Waals surface area contributed by atoms with Gasteiger partial charge >= 0.3 is 6.03 Å². The normalized spacial score (nSPS) is 13.3. The Morgan fingerprint density at radius 1 is 0.930 bits per heavy atom. The molecule has 1 aliphatic heterocycles. The Balaban J connectivity index is 1.67. The monoisotopic (exact) mass is 586 g/mol. The minimum Gasteiger partial charge on any atom is -0.368 e. The molecular weight excluding hydrogens is 552 g/mol. The Hall–Kier alpha value is -5.46. The molecule has 3 aromatic carbocycles. The zero-order chi connectivity index (χ0) is 30.9. The number of nitro groups is 1. The van der Waals surface area contributed by atoms with Gasteiger partial charge in [0.1, 0.15) is 11.1 Å². The van der Waals surface area contributed by atoms with E-state index in [1.807, 2.05) is 78.9 Å². The topological polar surface area (TPSA) is 203 Å². The molecule has 7 N–H and O–H groups in total. The molecule has 3 aromatic rings. The van der Waals surface area contributed by atoms with E-state index in [4.69, 9.17) is 17.2 Å². The molecule has 0 spiro atoms. The van der Waals surface area contributed by atoms with Crippen LogP contribution in [0, 0.1) is 10.1 Å². The van der Waals surface area contributed by atoms with Crippen LogP contribution >= 0.6 is 0 Å². The number of fused-ring (bicyclic) bond motifs is 1. The number of hydrazone groups is 1. The van der Waals surface area contributed by atoms with E-state index in [-0.39, 0.29) is 31.4 Å². The summed E-state index contributed by atoms with van der Waals surface area (Å²) in [6.45, 7) is 0.987. The molecule has 0 aliphatic carbocycles. The predicted octanol–water partition coefficient (Wildman–Crippen LogP) is 1.97. The average Bonchev–Trinajstić information content (AvgIpc) is 3.41. The number of carbonyl (C=O) groups is 3. The van der Waals surface area contributed by atoms with Crippen LogP contribution in [0.5, 0.6) is 0 Å². The van der Waals surface area contributed by atoms with Gasteiger partial charge in [-0.2, -0.15) is 0 Å². The van der Waals surface area contributed by atoms with Crippen molar-refractivity contribution in [3.05, 3.63) is 117 Å². The first kappa shape index (κ1) is 30.5. The van der Waals surface area contributed by atoms with Crippen LogP contribution in [0.4, 0.5) is 4.79 Å². The van der Waals surface area contributed by atoms with Crippen LogP contribution in [0.15, 0.2) is 84.0 Å². The van der Waals surface area contributed by atoms with Gasteiger partial charge in [0.25, 0.3) is 5.96 Å². The van der Waals surface area contributed by atoms with Crippen molar-refractivity contribution in [2.75, 3.05) is 6.54 Å². The number of nitrogens with one attached hydrogen (secondary N) is 1. The maximum absolute atomic E-state index is 14.6. The van der Waals surface area contributed by atoms with E-state index in [9.17, 15) is 24.5 Å². The van der Waals surface area contributed by atoms with Gasteiger partial charge in [-0.25, -0.2) is 14.9 Å². The zero-order valence-electron chi connectivity index (χ0n) is 23.5. The van der Waals surface area contributed by atoms with Crippen LogP contribution in [0.1, 0.15) is 46.6 Å². The maximum Gasteiger partial charge on any atom is 0.315 e. The highest BCUT2D eigenvalue weighted by atomic mass is 16.7. The minimum absolute atomic E-state index is 0.0742. The van der Waals surface area contributed by atoms with Crippen LogP contribution in [-0.4, -0.2) is 51.2 Å². The van der Waals surface area contributed by atoms with E-state index >= 15 is 0 Å². The van der Waals surface area contributed by atoms with Crippen molar-refractivity contribution >= 4 is 23.8 Å². The quantitative estimate of drug-likeness (QED) is 0.0816. The van der Waals surface area contributed by atoms with Gasteiger partial charge in [-0.05, 0) is 40.7 Å². The second-order valence-corrected chi connectivity index (χ2v) is 10.2. The molecule has 13 nitrogen and oxygen atoms in total. The number of hydrogen-bond acceptors (Lipinski definition) is 5. The number of benzene rings is 3. The first-order chi connectivity index (χ1) is 20.6. The summed E-state index contributed by atoms with van der Waals surface area (Å²) < 4.78 is 0. The Kier molecular flexibility index (Phi) is 9.89. The Bertz CT molecular complexity index is 1460. The summed E-state index contributed by atoms with van der Waals surface area (Å²) >= 11 is 0. The molecule has 0 fully saturated rings. The van der Waals surface area contributed by atoms with E-state index in [1.54, 1.807) is 0 Å². The maximum atomic E-state index is 14.6. The lowest BCUT2D eigenvalue weighted by Gasteiger charge is -2.33. The average molecular weight is 587 g/mol. The second-order valence-electron chi connectivity index (χ2n) is 10.2. The SMILES string of the molecule is NC(=O)[C@@H](CCCNC(N)=N[N+](=O)[O-])N(Cc1ccc2c(c1)CN(C(N)=O)C2)C(=O)C(c1ccccc1)c1ccccc1.